The highest BCUT2D eigenvalue weighted by molar-refractivity contribution is 5.74. The van der Waals surface area contributed by atoms with E-state index in [1.54, 1.807) is 19.5 Å². The van der Waals surface area contributed by atoms with Gasteiger partial charge < -0.3 is 9.47 Å². The van der Waals surface area contributed by atoms with Crippen LogP contribution in [0.5, 0.6) is 6.01 Å². The third-order valence-electron chi connectivity index (χ3n) is 4.18. The van der Waals surface area contributed by atoms with Crippen LogP contribution in [-0.2, 0) is 4.74 Å². The van der Waals surface area contributed by atoms with Crippen molar-refractivity contribution >= 4 is 11.7 Å². The summed E-state index contributed by atoms with van der Waals surface area (Å²) < 4.78 is 10.5. The van der Waals surface area contributed by atoms with Crippen LogP contribution in [0.2, 0.25) is 0 Å². The highest BCUT2D eigenvalue weighted by atomic mass is 16.6. The van der Waals surface area contributed by atoms with Gasteiger partial charge in [0.05, 0.1) is 13.2 Å². The average Bonchev–Trinajstić information content (AvgIpc) is 2.76. The standard InChI is InChI=1S/C17H23N3O3/c1-17(2,3)23-16(21)20-13-5-6-14(20)8-11(7-13)12-9-18-15(22-4)19-10-12/h7,9-10,13-14H,5-6,8H2,1-4H3. The van der Waals surface area contributed by atoms with E-state index >= 15 is 0 Å². The number of carbonyl (C=O) groups is 1. The van der Waals surface area contributed by atoms with Crippen LogP contribution < -0.4 is 4.74 Å². The molecule has 2 aliphatic heterocycles. The van der Waals surface area contributed by atoms with Crippen LogP contribution in [0.3, 0.4) is 0 Å². The van der Waals surface area contributed by atoms with Crippen LogP contribution in [0.25, 0.3) is 5.57 Å². The minimum Gasteiger partial charge on any atom is -0.467 e. The van der Waals surface area contributed by atoms with Gasteiger partial charge in [-0.1, -0.05) is 6.08 Å². The van der Waals surface area contributed by atoms with E-state index in [1.807, 2.05) is 25.7 Å². The van der Waals surface area contributed by atoms with Crippen molar-refractivity contribution in [2.75, 3.05) is 7.11 Å². The second-order valence-electron chi connectivity index (χ2n) is 7.04. The van der Waals surface area contributed by atoms with Gasteiger partial charge in [0.1, 0.15) is 5.60 Å². The summed E-state index contributed by atoms with van der Waals surface area (Å²) in [6, 6.07) is 0.654. The number of aromatic nitrogens is 2. The van der Waals surface area contributed by atoms with Crippen LogP contribution in [0.1, 0.15) is 45.6 Å². The maximum atomic E-state index is 12.4. The molecule has 0 N–H and O–H groups in total. The minimum absolute atomic E-state index is 0.0979. The Labute approximate surface area is 136 Å². The fourth-order valence-corrected chi connectivity index (χ4v) is 3.23. The van der Waals surface area contributed by atoms with Gasteiger partial charge in [-0.05, 0) is 45.6 Å². The number of ether oxygens (including phenoxy) is 2. The number of amides is 1. The van der Waals surface area contributed by atoms with Crippen LogP contribution in [-0.4, -0.2) is 45.8 Å². The van der Waals surface area contributed by atoms with Crippen molar-refractivity contribution in [1.82, 2.24) is 14.9 Å². The number of carbonyl (C=O) groups excluding carboxylic acids is 1. The van der Waals surface area contributed by atoms with Crippen molar-refractivity contribution in [3.8, 4) is 6.01 Å². The summed E-state index contributed by atoms with van der Waals surface area (Å²) in [7, 11) is 1.55. The lowest BCUT2D eigenvalue weighted by Crippen LogP contribution is -2.45. The molecule has 1 amide bonds. The Morgan fingerprint density at radius 1 is 1.26 bits per heavy atom. The Morgan fingerprint density at radius 2 is 1.96 bits per heavy atom. The summed E-state index contributed by atoms with van der Waals surface area (Å²) in [4.78, 5) is 22.7. The van der Waals surface area contributed by atoms with Crippen molar-refractivity contribution in [2.45, 2.75) is 57.7 Å². The summed E-state index contributed by atoms with van der Waals surface area (Å²) in [6.45, 7) is 5.69. The lowest BCUT2D eigenvalue weighted by atomic mass is 9.97. The number of hydrogen-bond acceptors (Lipinski definition) is 5. The van der Waals surface area contributed by atoms with E-state index in [2.05, 4.69) is 16.0 Å². The monoisotopic (exact) mass is 317 g/mol. The number of methoxy groups -OCH3 is 1. The van der Waals surface area contributed by atoms with Crippen molar-refractivity contribution < 1.29 is 14.3 Å². The SMILES string of the molecule is COc1ncc(C2=CC3CCC(C2)N3C(=O)OC(C)(C)C)cn1. The molecule has 0 saturated carbocycles. The summed E-state index contributed by atoms with van der Waals surface area (Å²) in [5.41, 5.74) is 1.72. The highest BCUT2D eigenvalue weighted by Crippen LogP contribution is 2.39. The summed E-state index contributed by atoms with van der Waals surface area (Å²) in [6.07, 6.45) is 8.28. The lowest BCUT2D eigenvalue weighted by molar-refractivity contribution is 0.0175. The number of hydrogen-bond donors (Lipinski definition) is 0. The molecule has 0 aromatic carbocycles. The van der Waals surface area contributed by atoms with Gasteiger partial charge in [0.2, 0.25) is 0 Å². The molecule has 1 saturated heterocycles. The molecule has 6 nitrogen and oxygen atoms in total. The molecule has 2 aliphatic rings. The summed E-state index contributed by atoms with van der Waals surface area (Å²) in [5, 5.41) is 0. The van der Waals surface area contributed by atoms with Gasteiger partial charge in [-0.15, -0.1) is 0 Å². The Balaban J connectivity index is 1.78. The molecule has 2 bridgehead atoms. The molecular formula is C17H23N3O3. The second-order valence-corrected chi connectivity index (χ2v) is 7.04. The van der Waals surface area contributed by atoms with E-state index in [1.165, 1.54) is 5.57 Å². The first kappa shape index (κ1) is 15.8. The van der Waals surface area contributed by atoms with E-state index in [-0.39, 0.29) is 18.2 Å². The van der Waals surface area contributed by atoms with Gasteiger partial charge in [-0.25, -0.2) is 14.8 Å². The molecule has 1 aromatic rings. The van der Waals surface area contributed by atoms with E-state index in [0.717, 1.165) is 24.8 Å². The van der Waals surface area contributed by atoms with E-state index < -0.39 is 5.60 Å². The molecule has 1 fully saturated rings. The largest absolute Gasteiger partial charge is 0.467 e. The highest BCUT2D eigenvalue weighted by Gasteiger charge is 2.41. The van der Waals surface area contributed by atoms with E-state index in [0.29, 0.717) is 6.01 Å². The van der Waals surface area contributed by atoms with E-state index in [4.69, 9.17) is 9.47 Å². The third kappa shape index (κ3) is 3.30. The van der Waals surface area contributed by atoms with Crippen LogP contribution in [0.4, 0.5) is 4.79 Å². The zero-order chi connectivity index (χ0) is 16.6. The summed E-state index contributed by atoms with van der Waals surface area (Å²) in [5.74, 6) is 0. The average molecular weight is 317 g/mol. The van der Waals surface area contributed by atoms with Gasteiger partial charge in [-0.2, -0.15) is 0 Å². The van der Waals surface area contributed by atoms with E-state index in [9.17, 15) is 4.79 Å². The maximum Gasteiger partial charge on any atom is 0.411 e. The molecule has 6 heteroatoms. The topological polar surface area (TPSA) is 64.5 Å². The molecule has 0 radical (unpaired) electrons. The quantitative estimate of drug-likeness (QED) is 0.839. The zero-order valence-electron chi connectivity index (χ0n) is 14.1. The Morgan fingerprint density at radius 3 is 2.52 bits per heavy atom. The van der Waals surface area contributed by atoms with Gasteiger partial charge in [0.15, 0.2) is 0 Å². The molecule has 2 atom stereocenters. The number of nitrogens with zero attached hydrogens (tertiary/aromatic N) is 3. The molecule has 124 valence electrons. The Kier molecular flexibility index (Phi) is 4.00. The van der Waals surface area contributed by atoms with Crippen molar-refractivity contribution in [3.05, 3.63) is 24.0 Å². The Hall–Kier alpha value is -2.11. The molecule has 0 aliphatic carbocycles. The van der Waals surface area contributed by atoms with Crippen LogP contribution >= 0.6 is 0 Å². The first-order valence-electron chi connectivity index (χ1n) is 7.96. The van der Waals surface area contributed by atoms with Crippen LogP contribution in [0, 0.1) is 0 Å². The van der Waals surface area contributed by atoms with Crippen molar-refractivity contribution in [2.24, 2.45) is 0 Å². The molecule has 0 spiro atoms. The first-order valence-corrected chi connectivity index (χ1v) is 7.96. The predicted molar refractivity (Wildman–Crippen MR) is 86.1 cm³/mol. The lowest BCUT2D eigenvalue weighted by Gasteiger charge is -2.35. The maximum absolute atomic E-state index is 12.4. The van der Waals surface area contributed by atoms with Gasteiger partial charge >= 0.3 is 12.1 Å². The van der Waals surface area contributed by atoms with Crippen molar-refractivity contribution in [1.29, 1.82) is 0 Å². The van der Waals surface area contributed by atoms with Crippen molar-refractivity contribution in [3.63, 3.8) is 0 Å². The predicted octanol–water partition coefficient (Wildman–Crippen LogP) is 3.04. The first-order chi connectivity index (χ1) is 10.9. The van der Waals surface area contributed by atoms with Gasteiger partial charge in [0.25, 0.3) is 0 Å². The molecule has 2 unspecified atom stereocenters. The molecule has 23 heavy (non-hydrogen) atoms. The third-order valence-corrected chi connectivity index (χ3v) is 4.18. The zero-order valence-corrected chi connectivity index (χ0v) is 14.1. The molecular weight excluding hydrogens is 294 g/mol. The number of rotatable bonds is 2. The summed E-state index contributed by atoms with van der Waals surface area (Å²) >= 11 is 0. The van der Waals surface area contributed by atoms with Crippen LogP contribution in [0.15, 0.2) is 18.5 Å². The fraction of sp³-hybridized carbons (Fsp3) is 0.588. The normalized spacial score (nSPS) is 23.5. The molecule has 1 aromatic heterocycles. The Bertz CT molecular complexity index is 619. The molecule has 3 rings (SSSR count). The minimum atomic E-state index is -0.468. The fourth-order valence-electron chi connectivity index (χ4n) is 3.23. The van der Waals surface area contributed by atoms with Gasteiger partial charge in [-0.3, -0.25) is 4.90 Å². The number of fused-ring (bicyclic) bond motifs is 2. The van der Waals surface area contributed by atoms with Gasteiger partial charge in [0, 0.05) is 24.0 Å². The second kappa shape index (κ2) is 5.83. The molecule has 3 heterocycles. The smallest absolute Gasteiger partial charge is 0.411 e.